The van der Waals surface area contributed by atoms with Gasteiger partial charge in [-0.2, -0.15) is 0 Å². The van der Waals surface area contributed by atoms with Crippen LogP contribution in [0.2, 0.25) is 0 Å². The standard InChI is InChI=1S/C13H14N2OS/c1-9(2)10-5-3-4-6-11(10)15-12(16)13-14-7-8-17-13/h3-9H,1-2H3,(H,15,16). The average Bonchev–Trinajstić information content (AvgIpc) is 2.83. The highest BCUT2D eigenvalue weighted by molar-refractivity contribution is 7.11. The van der Waals surface area contributed by atoms with E-state index in [1.54, 1.807) is 11.6 Å². The van der Waals surface area contributed by atoms with E-state index in [4.69, 9.17) is 0 Å². The molecule has 2 rings (SSSR count). The second-order valence-electron chi connectivity index (χ2n) is 4.03. The van der Waals surface area contributed by atoms with Crippen LogP contribution in [0, 0.1) is 0 Å². The van der Waals surface area contributed by atoms with E-state index in [2.05, 4.69) is 24.1 Å². The Morgan fingerprint density at radius 2 is 2.12 bits per heavy atom. The van der Waals surface area contributed by atoms with Gasteiger partial charge in [-0.25, -0.2) is 4.98 Å². The number of hydrogen-bond acceptors (Lipinski definition) is 3. The number of carbonyl (C=O) groups is 1. The molecule has 0 saturated carbocycles. The molecule has 0 bridgehead atoms. The normalized spacial score (nSPS) is 10.5. The fraction of sp³-hybridized carbons (Fsp3) is 0.231. The highest BCUT2D eigenvalue weighted by Gasteiger charge is 2.12. The van der Waals surface area contributed by atoms with E-state index < -0.39 is 0 Å². The molecule has 1 aromatic carbocycles. The van der Waals surface area contributed by atoms with Crippen molar-refractivity contribution in [1.29, 1.82) is 0 Å². The number of para-hydroxylation sites is 1. The molecule has 3 nitrogen and oxygen atoms in total. The van der Waals surface area contributed by atoms with E-state index in [-0.39, 0.29) is 5.91 Å². The second-order valence-corrected chi connectivity index (χ2v) is 4.93. The number of anilines is 1. The summed E-state index contributed by atoms with van der Waals surface area (Å²) < 4.78 is 0. The first-order valence-electron chi connectivity index (χ1n) is 5.48. The maximum Gasteiger partial charge on any atom is 0.284 e. The Morgan fingerprint density at radius 1 is 1.35 bits per heavy atom. The van der Waals surface area contributed by atoms with Crippen molar-refractivity contribution in [2.75, 3.05) is 5.32 Å². The zero-order valence-electron chi connectivity index (χ0n) is 9.81. The van der Waals surface area contributed by atoms with E-state index in [1.165, 1.54) is 11.3 Å². The number of amides is 1. The van der Waals surface area contributed by atoms with Gasteiger partial charge in [0.15, 0.2) is 5.01 Å². The predicted octanol–water partition coefficient (Wildman–Crippen LogP) is 3.52. The molecular formula is C13H14N2OS. The Kier molecular flexibility index (Phi) is 3.54. The van der Waals surface area contributed by atoms with Gasteiger partial charge in [-0.05, 0) is 17.5 Å². The van der Waals surface area contributed by atoms with E-state index in [0.29, 0.717) is 10.9 Å². The van der Waals surface area contributed by atoms with Crippen LogP contribution in [0.5, 0.6) is 0 Å². The van der Waals surface area contributed by atoms with Gasteiger partial charge in [-0.15, -0.1) is 11.3 Å². The van der Waals surface area contributed by atoms with Crippen LogP contribution >= 0.6 is 11.3 Å². The van der Waals surface area contributed by atoms with Crippen molar-refractivity contribution < 1.29 is 4.79 Å². The molecule has 1 aromatic heterocycles. The Labute approximate surface area is 105 Å². The first-order chi connectivity index (χ1) is 8.18. The van der Waals surface area contributed by atoms with Gasteiger partial charge in [0.1, 0.15) is 0 Å². The minimum Gasteiger partial charge on any atom is -0.320 e. The van der Waals surface area contributed by atoms with Crippen LogP contribution in [0.4, 0.5) is 5.69 Å². The minimum atomic E-state index is -0.145. The zero-order valence-corrected chi connectivity index (χ0v) is 10.6. The van der Waals surface area contributed by atoms with Gasteiger partial charge in [0.2, 0.25) is 0 Å². The molecular weight excluding hydrogens is 232 g/mol. The first-order valence-corrected chi connectivity index (χ1v) is 6.36. The summed E-state index contributed by atoms with van der Waals surface area (Å²) in [5.41, 5.74) is 2.00. The molecule has 0 aliphatic carbocycles. The highest BCUT2D eigenvalue weighted by Crippen LogP contribution is 2.24. The number of aromatic nitrogens is 1. The van der Waals surface area contributed by atoms with Crippen LogP contribution < -0.4 is 5.32 Å². The van der Waals surface area contributed by atoms with Gasteiger partial charge < -0.3 is 5.32 Å². The Bertz CT molecular complexity index is 506. The Morgan fingerprint density at radius 3 is 2.76 bits per heavy atom. The minimum absolute atomic E-state index is 0.145. The van der Waals surface area contributed by atoms with Crippen LogP contribution in [-0.2, 0) is 0 Å². The molecule has 1 amide bonds. The lowest BCUT2D eigenvalue weighted by Crippen LogP contribution is -2.13. The van der Waals surface area contributed by atoms with Crippen LogP contribution in [0.15, 0.2) is 35.8 Å². The number of nitrogens with zero attached hydrogens (tertiary/aromatic N) is 1. The number of benzene rings is 1. The van der Waals surface area contributed by atoms with Crippen LogP contribution in [0.3, 0.4) is 0 Å². The Balaban J connectivity index is 2.22. The van der Waals surface area contributed by atoms with E-state index in [9.17, 15) is 4.79 Å². The molecule has 88 valence electrons. The number of thiazole rings is 1. The number of rotatable bonds is 3. The number of nitrogens with one attached hydrogen (secondary N) is 1. The Hall–Kier alpha value is -1.68. The van der Waals surface area contributed by atoms with E-state index >= 15 is 0 Å². The van der Waals surface area contributed by atoms with Gasteiger partial charge in [0, 0.05) is 17.3 Å². The molecule has 1 heterocycles. The third-order valence-corrected chi connectivity index (χ3v) is 3.23. The third-order valence-electron chi connectivity index (χ3n) is 2.46. The molecule has 0 spiro atoms. The monoisotopic (exact) mass is 246 g/mol. The summed E-state index contributed by atoms with van der Waals surface area (Å²) in [5.74, 6) is 0.232. The average molecular weight is 246 g/mol. The molecule has 4 heteroatoms. The van der Waals surface area contributed by atoms with Gasteiger partial charge in [0.25, 0.3) is 5.91 Å². The maximum absolute atomic E-state index is 11.9. The lowest BCUT2D eigenvalue weighted by molar-refractivity contribution is 0.102. The zero-order chi connectivity index (χ0) is 12.3. The summed E-state index contributed by atoms with van der Waals surface area (Å²) in [7, 11) is 0. The lowest BCUT2D eigenvalue weighted by Gasteiger charge is -2.12. The predicted molar refractivity (Wildman–Crippen MR) is 70.6 cm³/mol. The third kappa shape index (κ3) is 2.71. The summed E-state index contributed by atoms with van der Waals surface area (Å²) in [6, 6.07) is 7.85. The number of hydrogen-bond donors (Lipinski definition) is 1. The smallest absolute Gasteiger partial charge is 0.284 e. The molecule has 2 aromatic rings. The van der Waals surface area contributed by atoms with E-state index in [1.807, 2.05) is 24.3 Å². The molecule has 1 N–H and O–H groups in total. The van der Waals surface area contributed by atoms with Gasteiger partial charge >= 0.3 is 0 Å². The number of carbonyl (C=O) groups excluding carboxylic acids is 1. The van der Waals surface area contributed by atoms with Gasteiger partial charge in [-0.1, -0.05) is 32.0 Å². The first kappa shape index (κ1) is 11.8. The SMILES string of the molecule is CC(C)c1ccccc1NC(=O)c1nccs1. The van der Waals surface area contributed by atoms with Crippen molar-refractivity contribution in [1.82, 2.24) is 4.98 Å². The summed E-state index contributed by atoms with van der Waals surface area (Å²) >= 11 is 1.34. The second kappa shape index (κ2) is 5.10. The largest absolute Gasteiger partial charge is 0.320 e. The van der Waals surface area contributed by atoms with E-state index in [0.717, 1.165) is 11.3 Å². The molecule has 0 aliphatic heterocycles. The van der Waals surface area contributed by atoms with Crippen LogP contribution in [0.25, 0.3) is 0 Å². The fourth-order valence-electron chi connectivity index (χ4n) is 1.63. The lowest BCUT2D eigenvalue weighted by atomic mass is 10.0. The topological polar surface area (TPSA) is 42.0 Å². The molecule has 0 fully saturated rings. The van der Waals surface area contributed by atoms with Gasteiger partial charge in [0.05, 0.1) is 0 Å². The summed E-state index contributed by atoms with van der Waals surface area (Å²) in [4.78, 5) is 15.9. The van der Waals surface area contributed by atoms with Crippen LogP contribution in [0.1, 0.15) is 35.1 Å². The van der Waals surface area contributed by atoms with Crippen molar-refractivity contribution in [2.24, 2.45) is 0 Å². The van der Waals surface area contributed by atoms with Gasteiger partial charge in [-0.3, -0.25) is 4.79 Å². The van der Waals surface area contributed by atoms with Crippen LogP contribution in [-0.4, -0.2) is 10.9 Å². The summed E-state index contributed by atoms with van der Waals surface area (Å²) in [6.07, 6.45) is 1.63. The van der Waals surface area contributed by atoms with Crippen molar-refractivity contribution in [3.8, 4) is 0 Å². The summed E-state index contributed by atoms with van der Waals surface area (Å²) in [5, 5.41) is 5.19. The van der Waals surface area contributed by atoms with Crippen molar-refractivity contribution in [2.45, 2.75) is 19.8 Å². The van der Waals surface area contributed by atoms with Crippen molar-refractivity contribution in [3.63, 3.8) is 0 Å². The molecule has 0 unspecified atom stereocenters. The molecule has 0 radical (unpaired) electrons. The quantitative estimate of drug-likeness (QED) is 0.900. The molecule has 0 atom stereocenters. The fourth-order valence-corrected chi connectivity index (χ4v) is 2.16. The maximum atomic E-state index is 11.9. The summed E-state index contributed by atoms with van der Waals surface area (Å²) in [6.45, 7) is 4.21. The molecule has 0 aliphatic rings. The van der Waals surface area contributed by atoms with Crippen molar-refractivity contribution >= 4 is 22.9 Å². The highest BCUT2D eigenvalue weighted by atomic mass is 32.1. The van der Waals surface area contributed by atoms with Crippen molar-refractivity contribution in [3.05, 3.63) is 46.4 Å². The molecule has 0 saturated heterocycles. The molecule has 17 heavy (non-hydrogen) atoms.